The van der Waals surface area contributed by atoms with Gasteiger partial charge < -0.3 is 10.1 Å². The number of nitrogens with one attached hydrogen (secondary N) is 1. The van der Waals surface area contributed by atoms with Gasteiger partial charge in [-0.15, -0.1) is 5.73 Å². The molecule has 3 heteroatoms. The Bertz CT molecular complexity index is 195. The van der Waals surface area contributed by atoms with E-state index in [4.69, 9.17) is 4.74 Å². The zero-order chi connectivity index (χ0) is 10.1. The van der Waals surface area contributed by atoms with E-state index in [0.717, 1.165) is 12.8 Å². The molecule has 1 N–H and O–H groups in total. The molecule has 0 saturated heterocycles. The van der Waals surface area contributed by atoms with Gasteiger partial charge in [-0.05, 0) is 19.4 Å². The lowest BCUT2D eigenvalue weighted by Crippen LogP contribution is -2.27. The first-order valence-corrected chi connectivity index (χ1v) is 4.55. The minimum atomic E-state index is -0.382. The van der Waals surface area contributed by atoms with Crippen LogP contribution in [-0.4, -0.2) is 18.7 Å². The largest absolute Gasteiger partial charge is 0.441 e. The van der Waals surface area contributed by atoms with Crippen LogP contribution in [0.2, 0.25) is 0 Å². The Morgan fingerprint density at radius 1 is 1.69 bits per heavy atom. The molecule has 0 radical (unpaired) electrons. The van der Waals surface area contributed by atoms with Crippen LogP contribution in [-0.2, 0) is 4.74 Å². The molecule has 1 amide bonds. The zero-order valence-electron chi connectivity index (χ0n) is 8.30. The Labute approximate surface area is 79.5 Å². The molecule has 0 aromatic heterocycles. The van der Waals surface area contributed by atoms with Crippen molar-refractivity contribution in [2.45, 2.75) is 32.8 Å². The van der Waals surface area contributed by atoms with Crippen LogP contribution in [0.1, 0.15) is 26.7 Å². The third-order valence-corrected chi connectivity index (χ3v) is 1.46. The van der Waals surface area contributed by atoms with Gasteiger partial charge in [0, 0.05) is 6.54 Å². The normalized spacial score (nSPS) is 11.2. The SMILES string of the molecule is C=C=CC(CCC)OC(=O)NCC. The van der Waals surface area contributed by atoms with Crippen molar-refractivity contribution in [3.63, 3.8) is 0 Å². The molecular weight excluding hydrogens is 166 g/mol. The average molecular weight is 183 g/mol. The number of alkyl carbamates (subject to hydrolysis) is 1. The van der Waals surface area contributed by atoms with Gasteiger partial charge in [-0.1, -0.05) is 19.9 Å². The van der Waals surface area contributed by atoms with Gasteiger partial charge in [0.1, 0.15) is 6.10 Å². The summed E-state index contributed by atoms with van der Waals surface area (Å²) < 4.78 is 5.06. The predicted molar refractivity (Wildman–Crippen MR) is 52.6 cm³/mol. The molecule has 0 aromatic carbocycles. The van der Waals surface area contributed by atoms with Gasteiger partial charge >= 0.3 is 6.09 Å². The number of carbonyl (C=O) groups is 1. The minimum absolute atomic E-state index is 0.200. The number of hydrogen-bond donors (Lipinski definition) is 1. The highest BCUT2D eigenvalue weighted by atomic mass is 16.6. The van der Waals surface area contributed by atoms with Crippen LogP contribution < -0.4 is 5.32 Å². The molecule has 0 spiro atoms. The van der Waals surface area contributed by atoms with Crippen LogP contribution in [0.25, 0.3) is 0 Å². The van der Waals surface area contributed by atoms with Gasteiger partial charge in [-0.3, -0.25) is 0 Å². The minimum Gasteiger partial charge on any atom is -0.441 e. The fourth-order valence-corrected chi connectivity index (χ4v) is 0.916. The summed E-state index contributed by atoms with van der Waals surface area (Å²) in [6, 6.07) is 0. The van der Waals surface area contributed by atoms with Crippen molar-refractivity contribution in [3.8, 4) is 0 Å². The third-order valence-electron chi connectivity index (χ3n) is 1.46. The summed E-state index contributed by atoms with van der Waals surface area (Å²) in [7, 11) is 0. The van der Waals surface area contributed by atoms with Crippen LogP contribution in [0.15, 0.2) is 18.4 Å². The van der Waals surface area contributed by atoms with E-state index in [1.54, 1.807) is 6.08 Å². The lowest BCUT2D eigenvalue weighted by Gasteiger charge is -2.12. The van der Waals surface area contributed by atoms with E-state index in [0.29, 0.717) is 6.54 Å². The van der Waals surface area contributed by atoms with Crippen molar-refractivity contribution in [2.24, 2.45) is 0 Å². The summed E-state index contributed by atoms with van der Waals surface area (Å²) >= 11 is 0. The van der Waals surface area contributed by atoms with Gasteiger partial charge in [0.05, 0.1) is 0 Å². The smallest absolute Gasteiger partial charge is 0.407 e. The first kappa shape index (κ1) is 11.8. The first-order valence-electron chi connectivity index (χ1n) is 4.55. The standard InChI is InChI=1S/C10H17NO2/c1-4-7-9(8-5-2)13-10(12)11-6-3/h7,9H,1,5-6,8H2,2-3H3,(H,11,12). The van der Waals surface area contributed by atoms with E-state index in [1.165, 1.54) is 0 Å². The maximum Gasteiger partial charge on any atom is 0.407 e. The van der Waals surface area contributed by atoms with E-state index in [1.807, 2.05) is 13.8 Å². The van der Waals surface area contributed by atoms with Crippen LogP contribution in [0.4, 0.5) is 4.79 Å². The quantitative estimate of drug-likeness (QED) is 0.664. The van der Waals surface area contributed by atoms with Crippen molar-refractivity contribution in [1.82, 2.24) is 5.32 Å². The number of rotatable bonds is 5. The molecule has 0 heterocycles. The summed E-state index contributed by atoms with van der Waals surface area (Å²) in [6.07, 6.45) is 2.85. The fourth-order valence-electron chi connectivity index (χ4n) is 0.916. The van der Waals surface area contributed by atoms with Gasteiger partial charge in [-0.25, -0.2) is 4.79 Å². The third kappa shape index (κ3) is 6.00. The number of amides is 1. The van der Waals surface area contributed by atoms with Gasteiger partial charge in [0.25, 0.3) is 0 Å². The van der Waals surface area contributed by atoms with E-state index in [9.17, 15) is 4.79 Å². The molecule has 74 valence electrons. The molecule has 1 atom stereocenters. The molecule has 0 aliphatic heterocycles. The fraction of sp³-hybridized carbons (Fsp3) is 0.600. The molecule has 3 nitrogen and oxygen atoms in total. The van der Waals surface area contributed by atoms with Crippen molar-refractivity contribution in [2.75, 3.05) is 6.54 Å². The molecule has 1 unspecified atom stereocenters. The highest BCUT2D eigenvalue weighted by molar-refractivity contribution is 5.67. The molecule has 0 aliphatic carbocycles. The Morgan fingerprint density at radius 3 is 2.85 bits per heavy atom. The van der Waals surface area contributed by atoms with Crippen LogP contribution >= 0.6 is 0 Å². The molecule has 0 aromatic rings. The monoisotopic (exact) mass is 183 g/mol. The van der Waals surface area contributed by atoms with E-state index >= 15 is 0 Å². The predicted octanol–water partition coefficient (Wildman–Crippen LogP) is 2.24. The first-order chi connectivity index (χ1) is 6.24. The maximum absolute atomic E-state index is 11.0. The molecular formula is C10H17NO2. The lowest BCUT2D eigenvalue weighted by molar-refractivity contribution is 0.116. The molecule has 0 rings (SSSR count). The van der Waals surface area contributed by atoms with Gasteiger partial charge in [0.15, 0.2) is 0 Å². The highest BCUT2D eigenvalue weighted by Gasteiger charge is 2.08. The van der Waals surface area contributed by atoms with Crippen molar-refractivity contribution in [1.29, 1.82) is 0 Å². The van der Waals surface area contributed by atoms with Gasteiger partial charge in [-0.2, -0.15) is 0 Å². The summed E-state index contributed by atoms with van der Waals surface area (Å²) in [5.74, 6) is 0. The average Bonchev–Trinajstić information content (AvgIpc) is 2.05. The highest BCUT2D eigenvalue weighted by Crippen LogP contribution is 2.03. The maximum atomic E-state index is 11.0. The van der Waals surface area contributed by atoms with Crippen molar-refractivity contribution >= 4 is 6.09 Å². The summed E-state index contributed by atoms with van der Waals surface area (Å²) in [6.45, 7) is 7.90. The topological polar surface area (TPSA) is 38.3 Å². The summed E-state index contributed by atoms with van der Waals surface area (Å²) in [4.78, 5) is 11.0. The number of hydrogen-bond acceptors (Lipinski definition) is 2. The molecule has 0 aliphatic rings. The van der Waals surface area contributed by atoms with E-state index < -0.39 is 0 Å². The molecule has 0 bridgehead atoms. The summed E-state index contributed by atoms with van der Waals surface area (Å²) in [5.41, 5.74) is 2.62. The lowest BCUT2D eigenvalue weighted by atomic mass is 10.2. The Morgan fingerprint density at radius 2 is 2.38 bits per heavy atom. The van der Waals surface area contributed by atoms with Crippen LogP contribution in [0, 0.1) is 0 Å². The second-order valence-corrected chi connectivity index (χ2v) is 2.63. The van der Waals surface area contributed by atoms with E-state index in [2.05, 4.69) is 17.6 Å². The zero-order valence-corrected chi connectivity index (χ0v) is 8.30. The number of carbonyl (C=O) groups excluding carboxylic acids is 1. The van der Waals surface area contributed by atoms with Crippen molar-refractivity contribution < 1.29 is 9.53 Å². The van der Waals surface area contributed by atoms with Gasteiger partial charge in [0.2, 0.25) is 0 Å². The van der Waals surface area contributed by atoms with E-state index in [-0.39, 0.29) is 12.2 Å². The molecule has 13 heavy (non-hydrogen) atoms. The Balaban J connectivity index is 3.93. The van der Waals surface area contributed by atoms with Crippen LogP contribution in [0.5, 0.6) is 0 Å². The molecule has 0 fully saturated rings. The summed E-state index contributed by atoms with van der Waals surface area (Å²) in [5, 5.41) is 2.56. The van der Waals surface area contributed by atoms with Crippen LogP contribution in [0.3, 0.4) is 0 Å². The Hall–Kier alpha value is -1.21. The number of ether oxygens (including phenoxy) is 1. The second kappa shape index (κ2) is 7.44. The second-order valence-electron chi connectivity index (χ2n) is 2.63. The Kier molecular flexibility index (Phi) is 6.75. The molecule has 0 saturated carbocycles. The van der Waals surface area contributed by atoms with Crippen molar-refractivity contribution in [3.05, 3.63) is 18.4 Å².